The summed E-state index contributed by atoms with van der Waals surface area (Å²) in [5, 5.41) is 7.83. The van der Waals surface area contributed by atoms with Crippen molar-refractivity contribution in [1.82, 2.24) is 10.3 Å². The molecule has 0 aliphatic carbocycles. The largest absolute Gasteiger partial charge is 0.349 e. The van der Waals surface area contributed by atoms with Crippen molar-refractivity contribution in [1.29, 1.82) is 0 Å². The van der Waals surface area contributed by atoms with Crippen molar-refractivity contribution in [2.24, 2.45) is 0 Å². The summed E-state index contributed by atoms with van der Waals surface area (Å²) in [5.74, 6) is -0.260. The highest BCUT2D eigenvalue weighted by Gasteiger charge is 2.12. The number of hydrogen-bond acceptors (Lipinski definition) is 4. The Balaban J connectivity index is 1.89. The van der Waals surface area contributed by atoms with E-state index in [0.717, 1.165) is 5.56 Å². The van der Waals surface area contributed by atoms with E-state index in [1.807, 2.05) is 37.3 Å². The molecule has 2 N–H and O–H groups in total. The standard InChI is InChI=1S/C15H17N3O2S/c1-10(12-6-4-3-5-7-12)16-14(20)8-13-9-21-15(18-13)17-11(2)19/h3-7,9-10H,8H2,1-2H3,(H,16,20)(H,17,18,19)/t10-/m0/s1. The molecule has 1 aromatic heterocycles. The van der Waals surface area contributed by atoms with Gasteiger partial charge in [-0.05, 0) is 12.5 Å². The Hall–Kier alpha value is -2.21. The first kappa shape index (κ1) is 15.2. The van der Waals surface area contributed by atoms with Gasteiger partial charge in [0.1, 0.15) is 0 Å². The molecule has 110 valence electrons. The zero-order valence-electron chi connectivity index (χ0n) is 11.9. The molecule has 1 heterocycles. The van der Waals surface area contributed by atoms with Crippen molar-refractivity contribution < 1.29 is 9.59 Å². The highest BCUT2D eigenvalue weighted by Crippen LogP contribution is 2.16. The first-order valence-electron chi connectivity index (χ1n) is 6.61. The monoisotopic (exact) mass is 303 g/mol. The minimum absolute atomic E-state index is 0.0489. The van der Waals surface area contributed by atoms with Gasteiger partial charge in [-0.2, -0.15) is 0 Å². The molecule has 0 saturated carbocycles. The smallest absolute Gasteiger partial charge is 0.226 e. The van der Waals surface area contributed by atoms with Crippen molar-refractivity contribution in [3.05, 3.63) is 47.0 Å². The maximum absolute atomic E-state index is 12.0. The van der Waals surface area contributed by atoms with E-state index in [9.17, 15) is 9.59 Å². The second-order valence-corrected chi connectivity index (χ2v) is 5.56. The number of benzene rings is 1. The average molecular weight is 303 g/mol. The maximum Gasteiger partial charge on any atom is 0.226 e. The number of carbonyl (C=O) groups is 2. The molecule has 2 rings (SSSR count). The lowest BCUT2D eigenvalue weighted by Crippen LogP contribution is -2.28. The minimum Gasteiger partial charge on any atom is -0.349 e. The van der Waals surface area contributed by atoms with Gasteiger partial charge >= 0.3 is 0 Å². The van der Waals surface area contributed by atoms with Gasteiger partial charge in [-0.15, -0.1) is 11.3 Å². The second-order valence-electron chi connectivity index (χ2n) is 4.70. The van der Waals surface area contributed by atoms with E-state index in [-0.39, 0.29) is 24.3 Å². The van der Waals surface area contributed by atoms with E-state index in [1.165, 1.54) is 18.3 Å². The quantitative estimate of drug-likeness (QED) is 0.891. The van der Waals surface area contributed by atoms with Crippen LogP contribution in [0.25, 0.3) is 0 Å². The summed E-state index contributed by atoms with van der Waals surface area (Å²) in [6.07, 6.45) is 0.202. The fourth-order valence-electron chi connectivity index (χ4n) is 1.88. The fourth-order valence-corrected chi connectivity index (χ4v) is 2.63. The van der Waals surface area contributed by atoms with E-state index >= 15 is 0 Å². The van der Waals surface area contributed by atoms with Gasteiger partial charge in [0.25, 0.3) is 0 Å². The Labute approximate surface area is 127 Å². The number of thiazole rings is 1. The third-order valence-electron chi connectivity index (χ3n) is 2.85. The van der Waals surface area contributed by atoms with Crippen molar-refractivity contribution in [2.45, 2.75) is 26.3 Å². The molecule has 2 amide bonds. The third kappa shape index (κ3) is 4.68. The van der Waals surface area contributed by atoms with Gasteiger partial charge in [-0.25, -0.2) is 4.98 Å². The normalized spacial score (nSPS) is 11.7. The van der Waals surface area contributed by atoms with Crippen LogP contribution in [0.15, 0.2) is 35.7 Å². The number of amides is 2. The van der Waals surface area contributed by atoms with E-state index in [2.05, 4.69) is 15.6 Å². The third-order valence-corrected chi connectivity index (χ3v) is 3.66. The van der Waals surface area contributed by atoms with Crippen LogP contribution in [-0.2, 0) is 16.0 Å². The summed E-state index contributed by atoms with van der Waals surface area (Å²) in [6.45, 7) is 3.37. The first-order chi connectivity index (χ1) is 10.0. The molecular weight excluding hydrogens is 286 g/mol. The van der Waals surface area contributed by atoms with Crippen molar-refractivity contribution >= 4 is 28.3 Å². The van der Waals surface area contributed by atoms with Crippen LogP contribution in [0, 0.1) is 0 Å². The molecule has 0 saturated heterocycles. The van der Waals surface area contributed by atoms with Crippen LogP contribution in [0.5, 0.6) is 0 Å². The average Bonchev–Trinajstić information content (AvgIpc) is 2.85. The second kappa shape index (κ2) is 6.99. The Bertz CT molecular complexity index is 625. The van der Waals surface area contributed by atoms with Crippen LogP contribution in [0.1, 0.15) is 31.1 Å². The molecule has 6 heteroatoms. The van der Waals surface area contributed by atoms with Crippen molar-refractivity contribution in [3.63, 3.8) is 0 Å². The van der Waals surface area contributed by atoms with Crippen LogP contribution in [0.4, 0.5) is 5.13 Å². The number of nitrogens with zero attached hydrogens (tertiary/aromatic N) is 1. The molecule has 0 bridgehead atoms. The number of hydrogen-bond donors (Lipinski definition) is 2. The number of rotatable bonds is 5. The molecule has 1 aromatic carbocycles. The Morgan fingerprint density at radius 1 is 1.29 bits per heavy atom. The van der Waals surface area contributed by atoms with Gasteiger partial charge in [0.05, 0.1) is 18.2 Å². The van der Waals surface area contributed by atoms with Crippen LogP contribution in [0.3, 0.4) is 0 Å². The van der Waals surface area contributed by atoms with E-state index < -0.39 is 0 Å². The van der Waals surface area contributed by atoms with Crippen molar-refractivity contribution in [2.75, 3.05) is 5.32 Å². The predicted molar refractivity (Wildman–Crippen MR) is 83.1 cm³/mol. The molecule has 5 nitrogen and oxygen atoms in total. The SMILES string of the molecule is CC(=O)Nc1nc(CC(=O)N[C@@H](C)c2ccccc2)cs1. The molecule has 0 unspecified atom stereocenters. The van der Waals surface area contributed by atoms with Crippen LogP contribution in [0.2, 0.25) is 0 Å². The molecular formula is C15H17N3O2S. The van der Waals surface area contributed by atoms with Gasteiger partial charge < -0.3 is 10.6 Å². The number of aromatic nitrogens is 1. The summed E-state index contributed by atoms with van der Waals surface area (Å²) in [7, 11) is 0. The first-order valence-corrected chi connectivity index (χ1v) is 7.49. The molecule has 2 aromatic rings. The van der Waals surface area contributed by atoms with Gasteiger partial charge in [0.2, 0.25) is 11.8 Å². The summed E-state index contributed by atoms with van der Waals surface area (Å²) in [5.41, 5.74) is 1.71. The van der Waals surface area contributed by atoms with Gasteiger partial charge in [-0.1, -0.05) is 30.3 Å². The van der Waals surface area contributed by atoms with Gasteiger partial charge in [0.15, 0.2) is 5.13 Å². The summed E-state index contributed by atoms with van der Waals surface area (Å²) < 4.78 is 0. The Kier molecular flexibility index (Phi) is 5.05. The topological polar surface area (TPSA) is 71.1 Å². The lowest BCUT2D eigenvalue weighted by Gasteiger charge is -2.13. The Morgan fingerprint density at radius 2 is 2.00 bits per heavy atom. The molecule has 0 aliphatic heterocycles. The van der Waals surface area contributed by atoms with Gasteiger partial charge in [0, 0.05) is 12.3 Å². The number of anilines is 1. The van der Waals surface area contributed by atoms with Crippen LogP contribution in [-0.4, -0.2) is 16.8 Å². The zero-order valence-corrected chi connectivity index (χ0v) is 12.7. The molecule has 0 aliphatic rings. The summed E-state index contributed by atoms with van der Waals surface area (Å²) in [4.78, 5) is 27.1. The zero-order chi connectivity index (χ0) is 15.2. The molecule has 0 radical (unpaired) electrons. The lowest BCUT2D eigenvalue weighted by molar-refractivity contribution is -0.121. The Morgan fingerprint density at radius 3 is 2.67 bits per heavy atom. The van der Waals surface area contributed by atoms with E-state index in [4.69, 9.17) is 0 Å². The predicted octanol–water partition coefficient (Wildman–Crippen LogP) is 2.52. The highest BCUT2D eigenvalue weighted by molar-refractivity contribution is 7.13. The van der Waals surface area contributed by atoms with Crippen LogP contribution < -0.4 is 10.6 Å². The number of nitrogens with one attached hydrogen (secondary N) is 2. The summed E-state index contributed by atoms with van der Waals surface area (Å²) in [6, 6.07) is 9.73. The van der Waals surface area contributed by atoms with Crippen LogP contribution >= 0.6 is 11.3 Å². The fraction of sp³-hybridized carbons (Fsp3) is 0.267. The molecule has 0 fully saturated rings. The molecule has 21 heavy (non-hydrogen) atoms. The van der Waals surface area contributed by atoms with Gasteiger partial charge in [-0.3, -0.25) is 9.59 Å². The van der Waals surface area contributed by atoms with Crippen molar-refractivity contribution in [3.8, 4) is 0 Å². The summed E-state index contributed by atoms with van der Waals surface area (Å²) >= 11 is 1.31. The molecule has 1 atom stereocenters. The number of carbonyl (C=O) groups excluding carboxylic acids is 2. The lowest BCUT2D eigenvalue weighted by atomic mass is 10.1. The van der Waals surface area contributed by atoms with E-state index in [1.54, 1.807) is 5.38 Å². The van der Waals surface area contributed by atoms with E-state index in [0.29, 0.717) is 10.8 Å². The molecule has 0 spiro atoms. The maximum atomic E-state index is 12.0. The highest BCUT2D eigenvalue weighted by atomic mass is 32.1. The minimum atomic E-state index is -0.168.